The van der Waals surface area contributed by atoms with Crippen LogP contribution in [0.15, 0.2) is 35.6 Å². The molecule has 0 spiro atoms. The van der Waals surface area contributed by atoms with Crippen LogP contribution in [-0.2, 0) is 6.54 Å². The lowest BCUT2D eigenvalue weighted by Crippen LogP contribution is -2.50. The largest absolute Gasteiger partial charge is 0.356 e. The van der Waals surface area contributed by atoms with Gasteiger partial charge in [0.2, 0.25) is 0 Å². The smallest absolute Gasteiger partial charge is 0.191 e. The highest BCUT2D eigenvalue weighted by molar-refractivity contribution is 5.80. The van der Waals surface area contributed by atoms with Gasteiger partial charge in [0.25, 0.3) is 0 Å². The van der Waals surface area contributed by atoms with E-state index in [9.17, 15) is 0 Å². The first-order valence-electron chi connectivity index (χ1n) is 9.78. The number of nitrogens with one attached hydrogen (secondary N) is 2. The van der Waals surface area contributed by atoms with Crippen LogP contribution >= 0.6 is 0 Å². The van der Waals surface area contributed by atoms with E-state index in [1.54, 1.807) is 0 Å². The zero-order valence-electron chi connectivity index (χ0n) is 16.3. The van der Waals surface area contributed by atoms with E-state index in [1.807, 2.05) is 19.4 Å². The predicted molar refractivity (Wildman–Crippen MR) is 109 cm³/mol. The van der Waals surface area contributed by atoms with Gasteiger partial charge in [-0.15, -0.1) is 0 Å². The normalized spacial score (nSPS) is 17.2. The van der Waals surface area contributed by atoms with Crippen LogP contribution < -0.4 is 10.6 Å². The van der Waals surface area contributed by atoms with Gasteiger partial charge in [-0.2, -0.15) is 0 Å². The van der Waals surface area contributed by atoms with Crippen LogP contribution in [0, 0.1) is 0 Å². The van der Waals surface area contributed by atoms with Crippen molar-refractivity contribution in [3.63, 3.8) is 0 Å². The molecule has 0 amide bonds. The molecular weight excluding hydrogens is 324 g/mol. The monoisotopic (exact) mass is 356 g/mol. The van der Waals surface area contributed by atoms with E-state index in [0.717, 1.165) is 31.0 Å². The second-order valence-corrected chi connectivity index (χ2v) is 7.33. The van der Waals surface area contributed by atoms with E-state index < -0.39 is 0 Å². The van der Waals surface area contributed by atoms with Crippen LogP contribution in [0.25, 0.3) is 11.0 Å². The van der Waals surface area contributed by atoms with Crippen LogP contribution in [0.5, 0.6) is 0 Å². The molecule has 1 aromatic heterocycles. The first kappa shape index (κ1) is 18.7. The fraction of sp³-hybridized carbons (Fsp3) is 0.600. The predicted octanol–water partition coefficient (Wildman–Crippen LogP) is 2.46. The van der Waals surface area contributed by atoms with Crippen molar-refractivity contribution in [2.24, 2.45) is 4.99 Å². The van der Waals surface area contributed by atoms with Crippen LogP contribution in [0.1, 0.15) is 33.1 Å². The Kier molecular flexibility index (Phi) is 6.50. The van der Waals surface area contributed by atoms with Gasteiger partial charge in [0.15, 0.2) is 5.96 Å². The van der Waals surface area contributed by atoms with Gasteiger partial charge in [-0.1, -0.05) is 12.1 Å². The number of guanidine groups is 1. The Morgan fingerprint density at radius 2 is 2.04 bits per heavy atom. The number of aryl methyl sites for hydroxylation is 1. The maximum Gasteiger partial charge on any atom is 0.191 e. The molecule has 142 valence electrons. The summed E-state index contributed by atoms with van der Waals surface area (Å²) in [6.45, 7) is 8.74. The molecule has 0 atom stereocenters. The van der Waals surface area contributed by atoms with Gasteiger partial charge >= 0.3 is 0 Å². The quantitative estimate of drug-likeness (QED) is 0.474. The third-order valence-corrected chi connectivity index (χ3v) is 5.22. The molecule has 2 heterocycles. The Bertz CT molecular complexity index is 712. The summed E-state index contributed by atoms with van der Waals surface area (Å²) in [5, 5.41) is 7.03. The molecule has 0 bridgehead atoms. The maximum atomic E-state index is 4.45. The summed E-state index contributed by atoms with van der Waals surface area (Å²) in [4.78, 5) is 11.4. The van der Waals surface area contributed by atoms with Crippen molar-refractivity contribution >= 4 is 17.0 Å². The van der Waals surface area contributed by atoms with Gasteiger partial charge in [0, 0.05) is 45.3 Å². The summed E-state index contributed by atoms with van der Waals surface area (Å²) in [5.74, 6) is 0.920. The summed E-state index contributed by atoms with van der Waals surface area (Å²) >= 11 is 0. The summed E-state index contributed by atoms with van der Waals surface area (Å²) in [7, 11) is 1.85. The molecule has 6 heteroatoms. The molecule has 2 aromatic rings. The number of hydrogen-bond acceptors (Lipinski definition) is 3. The zero-order chi connectivity index (χ0) is 18.4. The van der Waals surface area contributed by atoms with E-state index in [1.165, 1.54) is 31.4 Å². The SMILES string of the molecule is CN=C(NCCCn1cnc2ccccc21)NC1CCN(C(C)C)CC1. The van der Waals surface area contributed by atoms with Crippen molar-refractivity contribution in [2.45, 2.75) is 51.7 Å². The summed E-state index contributed by atoms with van der Waals surface area (Å²) in [6, 6.07) is 9.44. The third-order valence-electron chi connectivity index (χ3n) is 5.22. The molecule has 3 rings (SSSR count). The van der Waals surface area contributed by atoms with Crippen molar-refractivity contribution in [3.05, 3.63) is 30.6 Å². The topological polar surface area (TPSA) is 57.5 Å². The molecule has 0 unspecified atom stereocenters. The molecule has 1 aliphatic heterocycles. The van der Waals surface area contributed by atoms with Crippen LogP contribution in [0.3, 0.4) is 0 Å². The summed E-state index contributed by atoms with van der Waals surface area (Å²) in [6.07, 6.45) is 5.33. The highest BCUT2D eigenvalue weighted by atomic mass is 15.2. The Hall–Kier alpha value is -2.08. The molecule has 0 saturated carbocycles. The van der Waals surface area contributed by atoms with E-state index in [4.69, 9.17) is 0 Å². The second kappa shape index (κ2) is 9.03. The first-order valence-corrected chi connectivity index (χ1v) is 9.78. The van der Waals surface area contributed by atoms with Gasteiger partial charge in [-0.05, 0) is 45.2 Å². The number of hydrogen-bond donors (Lipinski definition) is 2. The number of imidazole rings is 1. The standard InChI is InChI=1S/C20H32N6/c1-16(2)25-13-9-17(10-14-25)24-20(21-3)22-11-6-12-26-15-23-18-7-4-5-8-19(18)26/h4-5,7-8,15-17H,6,9-14H2,1-3H3,(H2,21,22,24). The van der Waals surface area contributed by atoms with Gasteiger partial charge in [0.1, 0.15) is 0 Å². The molecule has 6 nitrogen and oxygen atoms in total. The lowest BCUT2D eigenvalue weighted by molar-refractivity contribution is 0.167. The number of aliphatic imine (C=N–C) groups is 1. The molecule has 1 aliphatic rings. The molecular formula is C20H32N6. The van der Waals surface area contributed by atoms with Crippen molar-refractivity contribution < 1.29 is 0 Å². The number of likely N-dealkylation sites (tertiary alicyclic amines) is 1. The first-order chi connectivity index (χ1) is 12.7. The van der Waals surface area contributed by atoms with Gasteiger partial charge in [-0.3, -0.25) is 4.99 Å². The Morgan fingerprint density at radius 1 is 1.27 bits per heavy atom. The number of rotatable bonds is 6. The van der Waals surface area contributed by atoms with E-state index in [2.05, 4.69) is 62.1 Å². The minimum absolute atomic E-state index is 0.522. The number of piperidine rings is 1. The van der Waals surface area contributed by atoms with E-state index in [0.29, 0.717) is 12.1 Å². The van der Waals surface area contributed by atoms with Crippen molar-refractivity contribution in [3.8, 4) is 0 Å². The highest BCUT2D eigenvalue weighted by Crippen LogP contribution is 2.13. The Morgan fingerprint density at radius 3 is 2.77 bits per heavy atom. The maximum absolute atomic E-state index is 4.45. The van der Waals surface area contributed by atoms with Crippen molar-refractivity contribution in [2.75, 3.05) is 26.7 Å². The van der Waals surface area contributed by atoms with Gasteiger partial charge in [0.05, 0.1) is 17.4 Å². The second-order valence-electron chi connectivity index (χ2n) is 7.33. The average Bonchev–Trinajstić information content (AvgIpc) is 3.08. The van der Waals surface area contributed by atoms with Crippen molar-refractivity contribution in [1.29, 1.82) is 0 Å². The van der Waals surface area contributed by atoms with Crippen molar-refractivity contribution in [1.82, 2.24) is 25.1 Å². The number of benzene rings is 1. The highest BCUT2D eigenvalue weighted by Gasteiger charge is 2.21. The zero-order valence-corrected chi connectivity index (χ0v) is 16.3. The number of fused-ring (bicyclic) bond motifs is 1. The van der Waals surface area contributed by atoms with Gasteiger partial charge in [-0.25, -0.2) is 4.98 Å². The summed E-state index contributed by atoms with van der Waals surface area (Å²) < 4.78 is 2.22. The van der Waals surface area contributed by atoms with Crippen LogP contribution in [0.2, 0.25) is 0 Å². The third kappa shape index (κ3) is 4.75. The molecule has 0 radical (unpaired) electrons. The molecule has 0 aliphatic carbocycles. The minimum Gasteiger partial charge on any atom is -0.356 e. The lowest BCUT2D eigenvalue weighted by atomic mass is 10.0. The fourth-order valence-corrected chi connectivity index (χ4v) is 3.59. The van der Waals surface area contributed by atoms with E-state index >= 15 is 0 Å². The number of aromatic nitrogens is 2. The fourth-order valence-electron chi connectivity index (χ4n) is 3.59. The van der Waals surface area contributed by atoms with E-state index in [-0.39, 0.29) is 0 Å². The molecule has 26 heavy (non-hydrogen) atoms. The Balaban J connectivity index is 1.39. The number of para-hydroxylation sites is 2. The summed E-state index contributed by atoms with van der Waals surface area (Å²) in [5.41, 5.74) is 2.26. The average molecular weight is 357 g/mol. The Labute approximate surface area is 156 Å². The van der Waals surface area contributed by atoms with Crippen LogP contribution in [0.4, 0.5) is 0 Å². The minimum atomic E-state index is 0.522. The number of nitrogens with zero attached hydrogens (tertiary/aromatic N) is 4. The molecule has 1 saturated heterocycles. The molecule has 1 fully saturated rings. The van der Waals surface area contributed by atoms with Gasteiger partial charge < -0.3 is 20.1 Å². The molecule has 2 N–H and O–H groups in total. The van der Waals surface area contributed by atoms with Crippen LogP contribution in [-0.4, -0.2) is 59.2 Å². The molecule has 1 aromatic carbocycles. The lowest BCUT2D eigenvalue weighted by Gasteiger charge is -2.35.